The highest BCUT2D eigenvalue weighted by Crippen LogP contribution is 2.32. The largest absolute Gasteiger partial charge is 0.444 e. The van der Waals surface area contributed by atoms with Gasteiger partial charge >= 0.3 is 6.09 Å². The first-order valence-electron chi connectivity index (χ1n) is 7.65. The van der Waals surface area contributed by atoms with Gasteiger partial charge in [0, 0.05) is 18.6 Å². The lowest BCUT2D eigenvalue weighted by molar-refractivity contribution is 0.0496. The van der Waals surface area contributed by atoms with Gasteiger partial charge in [-0.2, -0.15) is 0 Å². The van der Waals surface area contributed by atoms with Gasteiger partial charge in [0.1, 0.15) is 5.60 Å². The minimum absolute atomic E-state index is 0.177. The summed E-state index contributed by atoms with van der Waals surface area (Å²) in [5.74, 6) is 0.599. The molecule has 0 heterocycles. The maximum Gasteiger partial charge on any atom is 0.407 e. The Kier molecular flexibility index (Phi) is 6.53. The fourth-order valence-corrected chi connectivity index (χ4v) is 2.09. The van der Waals surface area contributed by atoms with Crippen LogP contribution >= 0.6 is 0 Å². The first kappa shape index (κ1) is 17.0. The van der Waals surface area contributed by atoms with E-state index in [-0.39, 0.29) is 12.1 Å². The third-order valence-electron chi connectivity index (χ3n) is 3.38. The highest BCUT2D eigenvalue weighted by atomic mass is 16.6. The van der Waals surface area contributed by atoms with Gasteiger partial charge in [0.05, 0.1) is 0 Å². The van der Waals surface area contributed by atoms with Crippen LogP contribution in [-0.4, -0.2) is 30.3 Å². The molecular formula is C16H30N2O2. The number of rotatable bonds is 8. The summed E-state index contributed by atoms with van der Waals surface area (Å²) in [6.07, 6.45) is 6.12. The van der Waals surface area contributed by atoms with E-state index in [1.807, 2.05) is 26.8 Å². The molecular weight excluding hydrogens is 252 g/mol. The van der Waals surface area contributed by atoms with E-state index in [0.717, 1.165) is 19.4 Å². The predicted octanol–water partition coefficient (Wildman–Crippen LogP) is 3.23. The zero-order valence-electron chi connectivity index (χ0n) is 13.4. The van der Waals surface area contributed by atoms with Crippen LogP contribution in [0.3, 0.4) is 0 Å². The fourth-order valence-electron chi connectivity index (χ4n) is 2.09. The molecule has 1 rings (SSSR count). The van der Waals surface area contributed by atoms with Crippen molar-refractivity contribution >= 4 is 6.09 Å². The normalized spacial score (nSPS) is 18.2. The molecule has 0 aromatic rings. The number of alkyl carbamates (subject to hydrolysis) is 1. The van der Waals surface area contributed by atoms with E-state index < -0.39 is 5.60 Å². The predicted molar refractivity (Wildman–Crippen MR) is 82.8 cm³/mol. The molecule has 116 valence electrons. The Hall–Kier alpha value is -1.03. The lowest BCUT2D eigenvalue weighted by Crippen LogP contribution is -2.47. The number of nitrogens with one attached hydrogen (secondary N) is 2. The molecule has 0 saturated heterocycles. The quantitative estimate of drug-likeness (QED) is 0.672. The Morgan fingerprint density at radius 2 is 2.10 bits per heavy atom. The van der Waals surface area contributed by atoms with Gasteiger partial charge in [-0.3, -0.25) is 0 Å². The molecule has 2 atom stereocenters. The second-order valence-corrected chi connectivity index (χ2v) is 6.77. The van der Waals surface area contributed by atoms with Crippen molar-refractivity contribution < 1.29 is 9.53 Å². The van der Waals surface area contributed by atoms with Gasteiger partial charge < -0.3 is 15.4 Å². The molecule has 1 aliphatic carbocycles. The van der Waals surface area contributed by atoms with Gasteiger partial charge in [-0.05, 0) is 59.3 Å². The summed E-state index contributed by atoms with van der Waals surface area (Å²) < 4.78 is 5.33. The molecule has 0 aliphatic heterocycles. The summed E-state index contributed by atoms with van der Waals surface area (Å²) in [6.45, 7) is 12.4. The van der Waals surface area contributed by atoms with Crippen LogP contribution in [0.1, 0.15) is 53.4 Å². The number of hydrogen-bond donors (Lipinski definition) is 2. The van der Waals surface area contributed by atoms with Gasteiger partial charge in [0.15, 0.2) is 0 Å². The van der Waals surface area contributed by atoms with Crippen molar-refractivity contribution in [1.29, 1.82) is 0 Å². The Morgan fingerprint density at radius 3 is 2.60 bits per heavy atom. The van der Waals surface area contributed by atoms with E-state index in [1.54, 1.807) is 0 Å². The lowest BCUT2D eigenvalue weighted by Gasteiger charge is -2.25. The lowest BCUT2D eigenvalue weighted by atomic mass is 10.1. The molecule has 2 N–H and O–H groups in total. The summed E-state index contributed by atoms with van der Waals surface area (Å²) in [6, 6.07) is 0.616. The SMILES string of the molecule is C=CCCC(C)NCC(NC(=O)OC(C)(C)C)C1CC1. The number of ether oxygens (including phenoxy) is 1. The maximum absolute atomic E-state index is 11.8. The average molecular weight is 282 g/mol. The molecule has 4 nitrogen and oxygen atoms in total. The third-order valence-corrected chi connectivity index (χ3v) is 3.38. The molecule has 2 unspecified atom stereocenters. The average Bonchev–Trinajstić information content (AvgIpc) is 3.13. The summed E-state index contributed by atoms with van der Waals surface area (Å²) in [5.41, 5.74) is -0.442. The number of carbonyl (C=O) groups is 1. The van der Waals surface area contributed by atoms with Crippen molar-refractivity contribution in [1.82, 2.24) is 10.6 Å². The monoisotopic (exact) mass is 282 g/mol. The van der Waals surface area contributed by atoms with E-state index in [9.17, 15) is 4.79 Å². The molecule has 20 heavy (non-hydrogen) atoms. The molecule has 0 aromatic heterocycles. The number of amides is 1. The van der Waals surface area contributed by atoms with Gasteiger partial charge in [-0.25, -0.2) is 4.79 Å². The summed E-state index contributed by atoms with van der Waals surface area (Å²) in [7, 11) is 0. The molecule has 1 amide bonds. The molecule has 0 spiro atoms. The zero-order valence-corrected chi connectivity index (χ0v) is 13.4. The Morgan fingerprint density at radius 1 is 1.45 bits per heavy atom. The molecule has 4 heteroatoms. The minimum atomic E-state index is -0.442. The van der Waals surface area contributed by atoms with Gasteiger partial charge in [0.25, 0.3) is 0 Å². The number of carbonyl (C=O) groups excluding carboxylic acids is 1. The topological polar surface area (TPSA) is 50.4 Å². The zero-order chi connectivity index (χ0) is 15.2. The van der Waals surface area contributed by atoms with E-state index >= 15 is 0 Å². The van der Waals surface area contributed by atoms with Crippen LogP contribution < -0.4 is 10.6 Å². The summed E-state index contributed by atoms with van der Waals surface area (Å²) in [5, 5.41) is 6.49. The van der Waals surface area contributed by atoms with Gasteiger partial charge in [-0.15, -0.1) is 6.58 Å². The van der Waals surface area contributed by atoms with Crippen molar-refractivity contribution in [3.63, 3.8) is 0 Å². The van der Waals surface area contributed by atoms with Crippen LogP contribution in [0.4, 0.5) is 4.79 Å². The van der Waals surface area contributed by atoms with E-state index in [4.69, 9.17) is 4.74 Å². The van der Waals surface area contributed by atoms with Gasteiger partial charge in [0.2, 0.25) is 0 Å². The second kappa shape index (κ2) is 7.67. The second-order valence-electron chi connectivity index (χ2n) is 6.77. The molecule has 1 saturated carbocycles. The van der Waals surface area contributed by atoms with E-state index in [0.29, 0.717) is 12.0 Å². The molecule has 0 bridgehead atoms. The van der Waals surface area contributed by atoms with Crippen molar-refractivity contribution in [2.24, 2.45) is 5.92 Å². The smallest absolute Gasteiger partial charge is 0.407 e. The van der Waals surface area contributed by atoms with Crippen molar-refractivity contribution in [2.75, 3.05) is 6.54 Å². The van der Waals surface area contributed by atoms with Crippen molar-refractivity contribution in [3.05, 3.63) is 12.7 Å². The molecule has 1 aliphatic rings. The minimum Gasteiger partial charge on any atom is -0.444 e. The standard InChI is InChI=1S/C16H30N2O2/c1-6-7-8-12(2)17-11-14(13-9-10-13)18-15(19)20-16(3,4)5/h6,12-14,17H,1,7-11H2,2-5H3,(H,18,19). The highest BCUT2D eigenvalue weighted by Gasteiger charge is 2.33. The van der Waals surface area contributed by atoms with Crippen molar-refractivity contribution in [2.45, 2.75) is 71.1 Å². The maximum atomic E-state index is 11.8. The first-order valence-corrected chi connectivity index (χ1v) is 7.65. The van der Waals surface area contributed by atoms with Gasteiger partial charge in [-0.1, -0.05) is 6.08 Å². The van der Waals surface area contributed by atoms with Crippen LogP contribution in [-0.2, 0) is 4.74 Å². The first-order chi connectivity index (χ1) is 9.31. The summed E-state index contributed by atoms with van der Waals surface area (Å²) in [4.78, 5) is 11.8. The molecule has 0 radical (unpaired) electrons. The third kappa shape index (κ3) is 7.53. The Labute approximate surface area is 123 Å². The van der Waals surface area contributed by atoms with Crippen LogP contribution in [0.5, 0.6) is 0 Å². The molecule has 1 fully saturated rings. The number of allylic oxidation sites excluding steroid dienone is 1. The van der Waals surface area contributed by atoms with Crippen LogP contribution in [0.15, 0.2) is 12.7 Å². The fraction of sp³-hybridized carbons (Fsp3) is 0.812. The molecule has 0 aromatic carbocycles. The van der Waals surface area contributed by atoms with Crippen molar-refractivity contribution in [3.8, 4) is 0 Å². The summed E-state index contributed by atoms with van der Waals surface area (Å²) >= 11 is 0. The van der Waals surface area contributed by atoms with Crippen LogP contribution in [0, 0.1) is 5.92 Å². The number of hydrogen-bond acceptors (Lipinski definition) is 3. The Balaban J connectivity index is 2.33. The van der Waals surface area contributed by atoms with Crippen LogP contribution in [0.2, 0.25) is 0 Å². The van der Waals surface area contributed by atoms with E-state index in [2.05, 4.69) is 24.1 Å². The van der Waals surface area contributed by atoms with Crippen LogP contribution in [0.25, 0.3) is 0 Å². The Bertz CT molecular complexity index is 319. The van der Waals surface area contributed by atoms with E-state index in [1.165, 1.54) is 12.8 Å². The highest BCUT2D eigenvalue weighted by molar-refractivity contribution is 5.68.